The van der Waals surface area contributed by atoms with Gasteiger partial charge in [-0.2, -0.15) is 5.10 Å². The first kappa shape index (κ1) is 12.6. The Morgan fingerprint density at radius 3 is 2.94 bits per heavy atom. The van der Waals surface area contributed by atoms with Gasteiger partial charge in [-0.15, -0.1) is 0 Å². The quantitative estimate of drug-likeness (QED) is 0.871. The van der Waals surface area contributed by atoms with Gasteiger partial charge in [0.2, 0.25) is 0 Å². The molecule has 2 N–H and O–H groups in total. The molecular formula is C14H25N3. The molecule has 0 aromatic carbocycles. The maximum atomic E-state index is 6.26. The van der Waals surface area contributed by atoms with E-state index in [1.54, 1.807) is 0 Å². The Bertz CT molecular complexity index is 345. The molecule has 3 unspecified atom stereocenters. The van der Waals surface area contributed by atoms with Gasteiger partial charge in [0.15, 0.2) is 0 Å². The summed E-state index contributed by atoms with van der Waals surface area (Å²) in [5.41, 5.74) is 7.60. The molecule has 17 heavy (non-hydrogen) atoms. The molecule has 1 aromatic heterocycles. The fraction of sp³-hybridized carbons (Fsp3) is 0.786. The minimum absolute atomic E-state index is 0.392. The Labute approximate surface area is 104 Å². The molecule has 1 heterocycles. The van der Waals surface area contributed by atoms with Gasteiger partial charge in [-0.05, 0) is 43.1 Å². The highest BCUT2D eigenvalue weighted by Gasteiger charge is 2.27. The Hall–Kier alpha value is -0.830. The van der Waals surface area contributed by atoms with Crippen LogP contribution in [0.25, 0.3) is 0 Å². The van der Waals surface area contributed by atoms with Gasteiger partial charge in [-0.1, -0.05) is 19.8 Å². The van der Waals surface area contributed by atoms with Crippen molar-refractivity contribution in [1.82, 2.24) is 9.78 Å². The van der Waals surface area contributed by atoms with Gasteiger partial charge >= 0.3 is 0 Å². The Morgan fingerprint density at radius 2 is 2.29 bits per heavy atom. The van der Waals surface area contributed by atoms with Gasteiger partial charge in [-0.3, -0.25) is 4.68 Å². The maximum Gasteiger partial charge on any atom is 0.0521 e. The highest BCUT2D eigenvalue weighted by molar-refractivity contribution is 5.06. The zero-order valence-corrected chi connectivity index (χ0v) is 11.1. The first-order chi connectivity index (χ1) is 8.19. The minimum Gasteiger partial charge on any atom is -0.327 e. The number of rotatable bonds is 4. The number of hydrogen-bond donors (Lipinski definition) is 1. The van der Waals surface area contributed by atoms with E-state index in [9.17, 15) is 0 Å². The van der Waals surface area contributed by atoms with Crippen LogP contribution in [0.4, 0.5) is 0 Å². The van der Waals surface area contributed by atoms with Crippen LogP contribution in [0.15, 0.2) is 12.4 Å². The van der Waals surface area contributed by atoms with E-state index in [0.29, 0.717) is 12.0 Å². The average Bonchev–Trinajstić information content (AvgIpc) is 2.69. The largest absolute Gasteiger partial charge is 0.327 e. The first-order valence-electron chi connectivity index (χ1n) is 6.92. The standard InChI is InChI=1S/C14H25N3/c1-3-4-11-5-6-14(15)13(7-11)8-12-9-16-17(2)10-12/h9-11,13-14H,3-8,15H2,1-2H3. The van der Waals surface area contributed by atoms with Crippen LogP contribution >= 0.6 is 0 Å². The maximum absolute atomic E-state index is 6.26. The Morgan fingerprint density at radius 1 is 1.47 bits per heavy atom. The van der Waals surface area contributed by atoms with Crippen molar-refractivity contribution in [2.24, 2.45) is 24.6 Å². The summed E-state index contributed by atoms with van der Waals surface area (Å²) in [7, 11) is 1.98. The van der Waals surface area contributed by atoms with Crippen molar-refractivity contribution in [3.05, 3.63) is 18.0 Å². The van der Waals surface area contributed by atoms with E-state index in [1.807, 2.05) is 17.9 Å². The molecule has 0 aliphatic heterocycles. The zero-order chi connectivity index (χ0) is 12.3. The number of aryl methyl sites for hydroxylation is 1. The smallest absolute Gasteiger partial charge is 0.0521 e. The van der Waals surface area contributed by atoms with Crippen LogP contribution in [0, 0.1) is 11.8 Å². The minimum atomic E-state index is 0.392. The summed E-state index contributed by atoms with van der Waals surface area (Å²) in [4.78, 5) is 0. The van der Waals surface area contributed by atoms with Crippen LogP contribution in [0.5, 0.6) is 0 Å². The van der Waals surface area contributed by atoms with E-state index in [2.05, 4.69) is 18.2 Å². The summed E-state index contributed by atoms with van der Waals surface area (Å²) in [6, 6.07) is 0.392. The summed E-state index contributed by atoms with van der Waals surface area (Å²) < 4.78 is 1.88. The van der Waals surface area contributed by atoms with Crippen molar-refractivity contribution in [2.75, 3.05) is 0 Å². The summed E-state index contributed by atoms with van der Waals surface area (Å²) in [5.74, 6) is 1.56. The number of hydrogen-bond acceptors (Lipinski definition) is 2. The number of nitrogens with zero attached hydrogens (tertiary/aromatic N) is 2. The SMILES string of the molecule is CCCC1CCC(N)C(Cc2cnn(C)c2)C1. The molecule has 0 spiro atoms. The predicted octanol–water partition coefficient (Wildman–Crippen LogP) is 2.51. The molecule has 3 atom stereocenters. The third-order valence-corrected chi connectivity index (χ3v) is 4.10. The molecule has 0 radical (unpaired) electrons. The van der Waals surface area contributed by atoms with Crippen LogP contribution in [0.2, 0.25) is 0 Å². The molecular weight excluding hydrogens is 210 g/mol. The monoisotopic (exact) mass is 235 g/mol. The van der Waals surface area contributed by atoms with Gasteiger partial charge in [-0.25, -0.2) is 0 Å². The van der Waals surface area contributed by atoms with Crippen LogP contribution in [0.1, 0.15) is 44.6 Å². The highest BCUT2D eigenvalue weighted by Crippen LogP contribution is 2.33. The summed E-state index contributed by atoms with van der Waals surface area (Å²) >= 11 is 0. The van der Waals surface area contributed by atoms with E-state index < -0.39 is 0 Å². The van der Waals surface area contributed by atoms with Gasteiger partial charge < -0.3 is 5.73 Å². The second-order valence-electron chi connectivity index (χ2n) is 5.62. The van der Waals surface area contributed by atoms with Crippen molar-refractivity contribution in [2.45, 2.75) is 51.5 Å². The second-order valence-corrected chi connectivity index (χ2v) is 5.62. The molecule has 1 saturated carbocycles. The lowest BCUT2D eigenvalue weighted by Crippen LogP contribution is -2.37. The third-order valence-electron chi connectivity index (χ3n) is 4.10. The van der Waals surface area contributed by atoms with E-state index >= 15 is 0 Å². The lowest BCUT2D eigenvalue weighted by atomic mass is 9.74. The molecule has 3 heteroatoms. The zero-order valence-electron chi connectivity index (χ0n) is 11.1. The fourth-order valence-electron chi connectivity index (χ4n) is 3.17. The molecule has 1 aromatic rings. The molecule has 1 fully saturated rings. The second kappa shape index (κ2) is 5.67. The lowest BCUT2D eigenvalue weighted by molar-refractivity contribution is 0.221. The number of nitrogens with two attached hydrogens (primary N) is 1. The van der Waals surface area contributed by atoms with Crippen molar-refractivity contribution < 1.29 is 0 Å². The molecule has 96 valence electrons. The van der Waals surface area contributed by atoms with Crippen LogP contribution in [0.3, 0.4) is 0 Å². The lowest BCUT2D eigenvalue weighted by Gasteiger charge is -2.34. The Kier molecular flexibility index (Phi) is 4.21. The van der Waals surface area contributed by atoms with Crippen molar-refractivity contribution >= 4 is 0 Å². The van der Waals surface area contributed by atoms with Gasteiger partial charge in [0, 0.05) is 19.3 Å². The van der Waals surface area contributed by atoms with Crippen molar-refractivity contribution in [3.8, 4) is 0 Å². The summed E-state index contributed by atoms with van der Waals surface area (Å²) in [6.45, 7) is 2.28. The van der Waals surface area contributed by atoms with Crippen LogP contribution in [-0.2, 0) is 13.5 Å². The summed E-state index contributed by atoms with van der Waals surface area (Å²) in [5, 5.41) is 4.24. The van der Waals surface area contributed by atoms with E-state index in [1.165, 1.54) is 37.7 Å². The number of aromatic nitrogens is 2. The average molecular weight is 235 g/mol. The summed E-state index contributed by atoms with van der Waals surface area (Å²) in [6.07, 6.45) is 11.7. The topological polar surface area (TPSA) is 43.8 Å². The molecule has 1 aliphatic rings. The fourth-order valence-corrected chi connectivity index (χ4v) is 3.17. The van der Waals surface area contributed by atoms with Crippen LogP contribution < -0.4 is 5.73 Å². The third kappa shape index (κ3) is 3.32. The molecule has 0 amide bonds. The van der Waals surface area contributed by atoms with Crippen molar-refractivity contribution in [1.29, 1.82) is 0 Å². The normalized spacial score (nSPS) is 29.5. The van der Waals surface area contributed by atoms with Gasteiger partial charge in [0.05, 0.1) is 6.20 Å². The molecule has 1 aliphatic carbocycles. The van der Waals surface area contributed by atoms with E-state index in [0.717, 1.165) is 12.3 Å². The Balaban J connectivity index is 1.93. The van der Waals surface area contributed by atoms with E-state index in [4.69, 9.17) is 5.73 Å². The molecule has 0 saturated heterocycles. The van der Waals surface area contributed by atoms with Crippen molar-refractivity contribution in [3.63, 3.8) is 0 Å². The van der Waals surface area contributed by atoms with E-state index in [-0.39, 0.29) is 0 Å². The first-order valence-corrected chi connectivity index (χ1v) is 6.92. The highest BCUT2D eigenvalue weighted by atomic mass is 15.2. The van der Waals surface area contributed by atoms with Gasteiger partial charge in [0.25, 0.3) is 0 Å². The predicted molar refractivity (Wildman–Crippen MR) is 70.6 cm³/mol. The molecule has 0 bridgehead atoms. The van der Waals surface area contributed by atoms with Crippen LogP contribution in [-0.4, -0.2) is 15.8 Å². The van der Waals surface area contributed by atoms with Gasteiger partial charge in [0.1, 0.15) is 0 Å². The molecule has 3 nitrogen and oxygen atoms in total. The molecule has 2 rings (SSSR count).